The molecule has 3 nitrogen and oxygen atoms in total. The van der Waals surface area contributed by atoms with Gasteiger partial charge in [-0.15, -0.1) is 0 Å². The quantitative estimate of drug-likeness (QED) is 0.420. The van der Waals surface area contributed by atoms with Crippen LogP contribution in [0.1, 0.15) is 59.3 Å². The zero-order chi connectivity index (χ0) is 16.2. The lowest BCUT2D eigenvalue weighted by atomic mass is 9.42. The molecule has 0 spiro atoms. The first-order chi connectivity index (χ1) is 10.3. The molecule has 0 aliphatic heterocycles. The number of aldehydes is 1. The zero-order valence-corrected chi connectivity index (χ0v) is 13.8. The lowest BCUT2D eigenvalue weighted by molar-refractivity contribution is -0.150. The molecule has 1 unspecified atom stereocenters. The van der Waals surface area contributed by atoms with Crippen molar-refractivity contribution in [1.29, 1.82) is 5.26 Å². The van der Waals surface area contributed by atoms with Crippen LogP contribution in [0.4, 0.5) is 0 Å². The summed E-state index contributed by atoms with van der Waals surface area (Å²) in [6.07, 6.45) is 8.45. The minimum Gasteiger partial charge on any atom is -0.303 e. The Balaban J connectivity index is 2.14. The molecule has 3 rings (SSSR count). The summed E-state index contributed by atoms with van der Waals surface area (Å²) in [7, 11) is 0. The molecule has 118 valence electrons. The first-order valence-corrected chi connectivity index (χ1v) is 8.44. The van der Waals surface area contributed by atoms with Crippen LogP contribution >= 0.6 is 0 Å². The normalized spacial score (nSPS) is 43.4. The van der Waals surface area contributed by atoms with Gasteiger partial charge in [-0.25, -0.2) is 0 Å². The second kappa shape index (κ2) is 4.78. The van der Waals surface area contributed by atoms with Crippen LogP contribution in [0, 0.1) is 39.4 Å². The average molecular weight is 299 g/mol. The van der Waals surface area contributed by atoms with E-state index in [-0.39, 0.29) is 22.5 Å². The number of nitriles is 1. The molecule has 0 saturated heterocycles. The topological polar surface area (TPSA) is 57.9 Å². The smallest absolute Gasteiger partial charge is 0.148 e. The number of fused-ring (bicyclic) bond motifs is 3. The maximum absolute atomic E-state index is 12.7. The van der Waals surface area contributed by atoms with Crippen LogP contribution in [0.15, 0.2) is 11.6 Å². The van der Waals surface area contributed by atoms with Gasteiger partial charge in [0.1, 0.15) is 12.1 Å². The Kier molecular flexibility index (Phi) is 3.36. The van der Waals surface area contributed by atoms with E-state index in [2.05, 4.69) is 19.1 Å². The monoisotopic (exact) mass is 299 g/mol. The van der Waals surface area contributed by atoms with Gasteiger partial charge in [-0.05, 0) is 55.4 Å². The highest BCUT2D eigenvalue weighted by molar-refractivity contribution is 5.98. The Bertz CT molecular complexity index is 597. The third-order valence-corrected chi connectivity index (χ3v) is 6.78. The van der Waals surface area contributed by atoms with Crippen molar-refractivity contribution in [3.05, 3.63) is 11.6 Å². The van der Waals surface area contributed by atoms with Gasteiger partial charge in [0.15, 0.2) is 0 Å². The van der Waals surface area contributed by atoms with Crippen molar-refractivity contribution < 1.29 is 9.59 Å². The van der Waals surface area contributed by atoms with Crippen LogP contribution in [0.25, 0.3) is 0 Å². The van der Waals surface area contributed by atoms with Crippen molar-refractivity contribution in [2.45, 2.75) is 59.3 Å². The molecule has 0 aromatic rings. The van der Waals surface area contributed by atoms with Crippen LogP contribution in [-0.2, 0) is 9.59 Å². The summed E-state index contributed by atoms with van der Waals surface area (Å²) in [4.78, 5) is 24.1. The van der Waals surface area contributed by atoms with E-state index < -0.39 is 11.3 Å². The third-order valence-electron chi connectivity index (χ3n) is 6.78. The minimum absolute atomic E-state index is 0.0887. The summed E-state index contributed by atoms with van der Waals surface area (Å²) >= 11 is 0. The molecule has 2 saturated carbocycles. The van der Waals surface area contributed by atoms with Gasteiger partial charge in [0.25, 0.3) is 0 Å². The van der Waals surface area contributed by atoms with E-state index in [1.54, 1.807) is 0 Å². The number of Topliss-reactive ketones (excluding diaryl/α,β-unsaturated/α-hetero) is 1. The molecular formula is C19H25NO2. The number of rotatable bonds is 1. The third kappa shape index (κ3) is 1.79. The van der Waals surface area contributed by atoms with Gasteiger partial charge in [0.05, 0.1) is 17.4 Å². The van der Waals surface area contributed by atoms with E-state index in [0.29, 0.717) is 6.42 Å². The standard InChI is InChI=1S/C19H25NO2/c1-17(2)14-7-9-19(12-20)8-5-4-6-15(19)18(14,3)10-13(11-21)16(17)22/h6,11,13-14H,4-5,7-10H2,1-3H3/t13?,14-,18-,19+/m0/s1. The van der Waals surface area contributed by atoms with E-state index in [4.69, 9.17) is 0 Å². The molecule has 0 heterocycles. The van der Waals surface area contributed by atoms with Crippen LogP contribution in [-0.4, -0.2) is 12.1 Å². The fourth-order valence-corrected chi connectivity index (χ4v) is 5.81. The van der Waals surface area contributed by atoms with E-state index in [1.165, 1.54) is 5.57 Å². The molecular weight excluding hydrogens is 274 g/mol. The number of carbonyl (C=O) groups excluding carboxylic acids is 2. The summed E-state index contributed by atoms with van der Waals surface area (Å²) in [5, 5.41) is 9.86. The molecule has 3 aliphatic rings. The largest absolute Gasteiger partial charge is 0.303 e. The Labute approximate surface area is 132 Å². The first-order valence-electron chi connectivity index (χ1n) is 8.44. The number of hydrogen-bond acceptors (Lipinski definition) is 3. The van der Waals surface area contributed by atoms with Gasteiger partial charge in [0, 0.05) is 5.41 Å². The van der Waals surface area contributed by atoms with Gasteiger partial charge in [-0.3, -0.25) is 4.79 Å². The summed E-state index contributed by atoms with van der Waals surface area (Å²) < 4.78 is 0. The van der Waals surface area contributed by atoms with Crippen molar-refractivity contribution in [2.75, 3.05) is 0 Å². The zero-order valence-electron chi connectivity index (χ0n) is 13.8. The van der Waals surface area contributed by atoms with Gasteiger partial charge in [-0.1, -0.05) is 26.8 Å². The van der Waals surface area contributed by atoms with Crippen molar-refractivity contribution in [3.8, 4) is 6.07 Å². The molecule has 2 fully saturated rings. The highest BCUT2D eigenvalue weighted by Gasteiger charge is 2.61. The highest BCUT2D eigenvalue weighted by atomic mass is 16.1. The Morgan fingerprint density at radius 3 is 2.68 bits per heavy atom. The van der Waals surface area contributed by atoms with Gasteiger partial charge >= 0.3 is 0 Å². The molecule has 0 amide bonds. The highest BCUT2D eigenvalue weighted by Crippen LogP contribution is 2.65. The van der Waals surface area contributed by atoms with E-state index >= 15 is 0 Å². The maximum atomic E-state index is 12.7. The van der Waals surface area contributed by atoms with E-state index in [9.17, 15) is 14.9 Å². The van der Waals surface area contributed by atoms with E-state index in [0.717, 1.165) is 38.4 Å². The lowest BCUT2D eigenvalue weighted by Crippen LogP contribution is -2.57. The molecule has 22 heavy (non-hydrogen) atoms. The Hall–Kier alpha value is -1.43. The van der Waals surface area contributed by atoms with Crippen molar-refractivity contribution in [2.24, 2.45) is 28.1 Å². The van der Waals surface area contributed by atoms with Crippen molar-refractivity contribution in [3.63, 3.8) is 0 Å². The van der Waals surface area contributed by atoms with Crippen molar-refractivity contribution >= 4 is 12.1 Å². The number of allylic oxidation sites excluding steroid dienone is 2. The van der Waals surface area contributed by atoms with Crippen LogP contribution in [0.5, 0.6) is 0 Å². The molecule has 0 radical (unpaired) electrons. The average Bonchev–Trinajstić information content (AvgIpc) is 2.51. The maximum Gasteiger partial charge on any atom is 0.148 e. The van der Waals surface area contributed by atoms with E-state index in [1.807, 2.05) is 13.8 Å². The summed E-state index contributed by atoms with van der Waals surface area (Å²) in [6, 6.07) is 2.61. The fraction of sp³-hybridized carbons (Fsp3) is 0.737. The molecule has 0 aromatic carbocycles. The second-order valence-corrected chi connectivity index (χ2v) is 8.25. The summed E-state index contributed by atoms with van der Waals surface area (Å²) in [6.45, 7) is 6.19. The number of ketones is 1. The number of carbonyl (C=O) groups is 2. The van der Waals surface area contributed by atoms with Crippen molar-refractivity contribution in [1.82, 2.24) is 0 Å². The van der Waals surface area contributed by atoms with Gasteiger partial charge < -0.3 is 4.79 Å². The molecule has 0 aromatic heterocycles. The predicted octanol–water partition coefficient (Wildman–Crippen LogP) is 3.84. The van der Waals surface area contributed by atoms with Crippen LogP contribution in [0.3, 0.4) is 0 Å². The molecule has 0 N–H and O–H groups in total. The summed E-state index contributed by atoms with van der Waals surface area (Å²) in [5.41, 5.74) is 0.195. The molecule has 3 heteroatoms. The Morgan fingerprint density at radius 2 is 2.05 bits per heavy atom. The van der Waals surface area contributed by atoms with Crippen LogP contribution < -0.4 is 0 Å². The van der Waals surface area contributed by atoms with Crippen LogP contribution in [0.2, 0.25) is 0 Å². The fourth-order valence-electron chi connectivity index (χ4n) is 5.81. The SMILES string of the molecule is CC1(C)C(=O)C(C=O)C[C@]2(C)C3=CCCC[C@]3(C#N)CC[C@@H]12. The van der Waals surface area contributed by atoms with Gasteiger partial charge in [0.2, 0.25) is 0 Å². The Morgan fingerprint density at radius 1 is 1.32 bits per heavy atom. The molecule has 0 bridgehead atoms. The molecule has 4 atom stereocenters. The molecule has 3 aliphatic carbocycles. The summed E-state index contributed by atoms with van der Waals surface area (Å²) in [5.74, 6) is -0.200. The number of nitrogens with zero attached hydrogens (tertiary/aromatic N) is 1. The second-order valence-electron chi connectivity index (χ2n) is 8.25. The minimum atomic E-state index is -0.520. The lowest BCUT2D eigenvalue weighted by Gasteiger charge is -2.59. The number of hydrogen-bond donors (Lipinski definition) is 0. The van der Waals surface area contributed by atoms with Gasteiger partial charge in [-0.2, -0.15) is 5.26 Å². The first kappa shape index (κ1) is 15.5. The predicted molar refractivity (Wildman–Crippen MR) is 83.8 cm³/mol.